The van der Waals surface area contributed by atoms with Gasteiger partial charge in [-0.25, -0.2) is 0 Å². The van der Waals surface area contributed by atoms with Crippen molar-refractivity contribution in [1.82, 2.24) is 20.9 Å². The number of aromatic hydroxyl groups is 1. The van der Waals surface area contributed by atoms with Crippen molar-refractivity contribution in [2.24, 2.45) is 64.4 Å². The van der Waals surface area contributed by atoms with Gasteiger partial charge >= 0.3 is 0 Å². The molecule has 9 aliphatic rings. The topological polar surface area (TPSA) is 202 Å². The second-order valence-electron chi connectivity index (χ2n) is 24.7. The molecule has 12 nitrogen and oxygen atoms in total. The number of hydrogen-bond acceptors (Lipinski definition) is 11. The fourth-order valence-corrected chi connectivity index (χ4v) is 18.1. The first-order valence-electron chi connectivity index (χ1n) is 29.2. The summed E-state index contributed by atoms with van der Waals surface area (Å²) < 4.78 is 5.61. The Labute approximate surface area is 452 Å². The molecule has 7 aliphatic carbocycles. The number of Topliss-reactive ketones (excluding diaryl/α,β-unsaturated/α-hetero) is 2. The van der Waals surface area contributed by atoms with Crippen LogP contribution in [-0.4, -0.2) is 94.6 Å². The van der Waals surface area contributed by atoms with Crippen molar-refractivity contribution in [2.45, 2.75) is 126 Å². The highest BCUT2D eigenvalue weighted by molar-refractivity contribution is 5.90. The molecular formula is C65H77N5O7. The molecule has 0 amide bonds. The average Bonchev–Trinajstić information content (AvgIpc) is 4.04. The number of ketones is 2. The molecule has 10 N–H and O–H groups in total. The quantitative estimate of drug-likeness (QED) is 0.0626. The number of fused-ring (bicyclic) bond motifs is 7. The van der Waals surface area contributed by atoms with Gasteiger partial charge < -0.3 is 51.8 Å². The van der Waals surface area contributed by atoms with Gasteiger partial charge in [-0.1, -0.05) is 80.3 Å². The number of phenols is 1. The van der Waals surface area contributed by atoms with Gasteiger partial charge in [0.1, 0.15) is 11.2 Å². The second kappa shape index (κ2) is 19.9. The maximum atomic E-state index is 15.2. The van der Waals surface area contributed by atoms with Gasteiger partial charge in [-0.05, 0) is 186 Å². The summed E-state index contributed by atoms with van der Waals surface area (Å²) >= 11 is 0. The van der Waals surface area contributed by atoms with Crippen molar-refractivity contribution in [3.63, 3.8) is 0 Å². The van der Waals surface area contributed by atoms with Crippen LogP contribution in [0.25, 0.3) is 16.8 Å². The summed E-state index contributed by atoms with van der Waals surface area (Å²) in [5.74, 6) is 10.1. The van der Waals surface area contributed by atoms with Crippen LogP contribution in [0.4, 0.5) is 0 Å². The summed E-state index contributed by atoms with van der Waals surface area (Å²) in [7, 11) is 1.51. The van der Waals surface area contributed by atoms with Crippen LogP contribution in [0.15, 0.2) is 89.9 Å². The van der Waals surface area contributed by atoms with Gasteiger partial charge in [-0.15, -0.1) is 0 Å². The Hall–Kier alpha value is -5.68. The van der Waals surface area contributed by atoms with Crippen LogP contribution in [0.2, 0.25) is 0 Å². The maximum Gasteiger partial charge on any atom is 0.160 e. The van der Waals surface area contributed by atoms with Crippen LogP contribution in [0, 0.1) is 70.5 Å². The van der Waals surface area contributed by atoms with Crippen LogP contribution < -0.4 is 26.4 Å². The highest BCUT2D eigenvalue weighted by Gasteiger charge is 2.67. The molecule has 0 unspecified atom stereocenters. The van der Waals surface area contributed by atoms with E-state index in [0.717, 1.165) is 72.8 Å². The summed E-state index contributed by atoms with van der Waals surface area (Å²) in [6.45, 7) is 7.56. The second-order valence-corrected chi connectivity index (χ2v) is 24.7. The molecule has 404 valence electrons. The lowest BCUT2D eigenvalue weighted by Crippen LogP contribution is -2.68. The van der Waals surface area contributed by atoms with Gasteiger partial charge in [0.25, 0.3) is 0 Å². The van der Waals surface area contributed by atoms with E-state index in [9.17, 15) is 25.2 Å². The fourth-order valence-electron chi connectivity index (χ4n) is 18.1. The van der Waals surface area contributed by atoms with E-state index in [0.29, 0.717) is 84.4 Å². The number of aromatic amines is 1. The molecule has 0 bridgehead atoms. The first-order chi connectivity index (χ1) is 37.4. The number of nitrogens with two attached hydrogens (primary N) is 1. The summed E-state index contributed by atoms with van der Waals surface area (Å²) in [6.07, 6.45) is 10.3. The van der Waals surface area contributed by atoms with Gasteiger partial charge in [-0.3, -0.25) is 9.59 Å². The van der Waals surface area contributed by atoms with Crippen LogP contribution in [0.1, 0.15) is 129 Å². The number of aliphatic hydroxyl groups excluding tert-OH is 3. The van der Waals surface area contributed by atoms with Gasteiger partial charge in [0, 0.05) is 66.9 Å². The number of aryl methyl sites for hydroxylation is 1. The third-order valence-electron chi connectivity index (χ3n) is 21.5. The van der Waals surface area contributed by atoms with Gasteiger partial charge in [0.05, 0.1) is 31.2 Å². The molecule has 3 aromatic carbocycles. The Morgan fingerprint density at radius 2 is 1.75 bits per heavy atom. The Morgan fingerprint density at radius 1 is 0.935 bits per heavy atom. The van der Waals surface area contributed by atoms with Gasteiger partial charge in [0.2, 0.25) is 0 Å². The normalized spacial score (nSPS) is 35.6. The molecular weight excluding hydrogens is 963 g/mol. The largest absolute Gasteiger partial charge is 0.504 e. The molecule has 0 radical (unpaired) electrons. The zero-order valence-corrected chi connectivity index (χ0v) is 44.8. The van der Waals surface area contributed by atoms with Gasteiger partial charge in [-0.2, -0.15) is 0 Å². The zero-order chi connectivity index (χ0) is 53.0. The maximum absolute atomic E-state index is 15.2. The number of hydrogen-bond donors (Lipinski definition) is 9. The monoisotopic (exact) mass is 1040 g/mol. The number of ether oxygens (including phenoxy) is 1. The minimum absolute atomic E-state index is 0.0344. The predicted molar refractivity (Wildman–Crippen MR) is 298 cm³/mol. The van der Waals surface area contributed by atoms with Crippen molar-refractivity contribution in [3.05, 3.63) is 123 Å². The van der Waals surface area contributed by atoms with E-state index < -0.39 is 29.6 Å². The van der Waals surface area contributed by atoms with E-state index >= 15 is 4.79 Å². The molecule has 4 saturated carbocycles. The lowest BCUT2D eigenvalue weighted by Gasteiger charge is -2.67. The molecule has 1 aromatic heterocycles. The van der Waals surface area contributed by atoms with Crippen molar-refractivity contribution in [3.8, 4) is 23.3 Å². The number of aromatic nitrogens is 1. The molecule has 12 heteroatoms. The molecule has 5 fully saturated rings. The number of methoxy groups -OCH3 is 1. The third kappa shape index (κ3) is 8.18. The Bertz CT molecular complexity index is 3160. The van der Waals surface area contributed by atoms with E-state index in [-0.39, 0.29) is 72.2 Å². The first-order valence-corrected chi connectivity index (χ1v) is 29.2. The number of phenolic OH excluding ortho intramolecular Hbond substituents is 1. The van der Waals surface area contributed by atoms with Crippen LogP contribution in [0.5, 0.6) is 11.5 Å². The standard InChI is InChI=1S/C65H77N5O7/c1-4-33-29-69-56(66)27-46(33)45(36-11-10-34-8-6-7-9-35(34)22-36)26-52(73)51(72)23-38-18-20-65(55(75)17-13-37-24-54(77-3)53(74)25-44(37)38)21-19-41-42(64(65)76)16-15-40-47-32-68-49-28-50(71)43-14-12-39-30-70-63-57(39)59(43)62(49)60(47)61(63)48(58(40)41)31-67-5-2/h6-12,14,22,24-25,27,30,38,40-43,45,47-49,51-52,58-62,64,67-70,72-74,76H,4-5,13,15-17,19,21,23,26,28-29,31-32,66H2,1-3H3/t38-,40+,41+,42-,43-,45+,47-,48+,49+,51-,52+,58-,59-,60-,61+,62+,64+,65-/m0/s1. The summed E-state index contributed by atoms with van der Waals surface area (Å²) in [6, 6.07) is 18.2. The molecule has 77 heavy (non-hydrogen) atoms. The minimum Gasteiger partial charge on any atom is -0.504 e. The number of rotatable bonds is 12. The van der Waals surface area contributed by atoms with E-state index in [1.807, 2.05) is 18.2 Å². The number of aliphatic hydroxyl groups is 3. The molecule has 1 spiro atoms. The number of H-pyrrole nitrogens is 1. The predicted octanol–water partition coefficient (Wildman–Crippen LogP) is 7.84. The lowest BCUT2D eigenvalue weighted by atomic mass is 9.39. The van der Waals surface area contributed by atoms with Crippen molar-refractivity contribution < 1.29 is 34.8 Å². The summed E-state index contributed by atoms with van der Waals surface area (Å²) in [5.41, 5.74) is 13.8. The number of piperidine rings is 1. The number of benzene rings is 3. The van der Waals surface area contributed by atoms with Crippen molar-refractivity contribution >= 4 is 28.4 Å². The van der Waals surface area contributed by atoms with Crippen molar-refractivity contribution in [2.75, 3.05) is 33.3 Å². The van der Waals surface area contributed by atoms with Crippen LogP contribution in [-0.2, 0) is 16.0 Å². The highest BCUT2D eigenvalue weighted by Crippen LogP contribution is 2.69. The number of allylic oxidation sites excluding steroid dienone is 3. The van der Waals surface area contributed by atoms with E-state index in [1.54, 1.807) is 12.1 Å². The summed E-state index contributed by atoms with van der Waals surface area (Å²) in [5, 5.41) is 62.6. The Morgan fingerprint density at radius 3 is 2.57 bits per heavy atom. The van der Waals surface area contributed by atoms with Crippen molar-refractivity contribution in [1.29, 1.82) is 0 Å². The van der Waals surface area contributed by atoms with Crippen LogP contribution in [0.3, 0.4) is 0 Å². The average molecular weight is 1040 g/mol. The van der Waals surface area contributed by atoms with Crippen LogP contribution >= 0.6 is 0 Å². The first kappa shape index (κ1) is 50.8. The molecule has 2 aliphatic heterocycles. The molecule has 4 aromatic rings. The number of carbonyl (C=O) groups excluding carboxylic acids is 2. The number of nitrogens with one attached hydrogen (secondary N) is 4. The minimum atomic E-state index is -1.32. The third-order valence-corrected chi connectivity index (χ3v) is 21.5. The smallest absolute Gasteiger partial charge is 0.160 e. The van der Waals surface area contributed by atoms with E-state index in [2.05, 4.69) is 95.3 Å². The Kier molecular flexibility index (Phi) is 13.1. The molecule has 1 saturated heterocycles. The highest BCUT2D eigenvalue weighted by atomic mass is 16.5. The number of dihydropyridines is 1. The van der Waals surface area contributed by atoms with E-state index in [4.69, 9.17) is 10.5 Å². The molecule has 18 atom stereocenters. The zero-order valence-electron chi connectivity index (χ0n) is 44.8. The summed E-state index contributed by atoms with van der Waals surface area (Å²) in [4.78, 5) is 32.9. The molecule has 3 heterocycles. The Balaban J connectivity index is 0.832. The lowest BCUT2D eigenvalue weighted by molar-refractivity contribution is -0.166. The van der Waals surface area contributed by atoms with E-state index in [1.165, 1.54) is 29.5 Å². The van der Waals surface area contributed by atoms with Gasteiger partial charge in [0.15, 0.2) is 17.3 Å². The number of carbonyl (C=O) groups is 2. The molecule has 13 rings (SSSR count). The fraction of sp³-hybridized carbons (Fsp3) is 0.538. The SMILES string of the molecule is CCNC[C@H]1[C@H]2c3[nH]cc4c3[C@H]3[C@@H]5[C@H]2[C@@H](CN[C@@H]5CC(=O)[C@@H]3C=C4)[C@H]2CC[C@H]3[C@@H](CC[C@]4(C#C[C@@H](C[C@H](O)[C@H](O)C[C@@H](C5=C(CC)CNC(N)=C5)c5ccc6ccccc6c5)c5cc(O)c(OC)cc5CCC4=O)[C@@H]3O)[C@H]21.